The zero-order valence-corrected chi connectivity index (χ0v) is 18.9. The van der Waals surface area contributed by atoms with Crippen molar-refractivity contribution in [2.24, 2.45) is 0 Å². The van der Waals surface area contributed by atoms with E-state index in [2.05, 4.69) is 24.9 Å². The van der Waals surface area contributed by atoms with Gasteiger partial charge in [-0.3, -0.25) is 4.90 Å². The van der Waals surface area contributed by atoms with Crippen LogP contribution in [0.5, 0.6) is 5.75 Å². The normalized spacial score (nSPS) is 25.3. The van der Waals surface area contributed by atoms with Crippen molar-refractivity contribution in [3.05, 3.63) is 48.9 Å². The Balaban J connectivity index is 1.27. The molecule has 1 saturated heterocycles. The molecule has 1 aromatic carbocycles. The van der Waals surface area contributed by atoms with Crippen LogP contribution in [0, 0.1) is 0 Å². The summed E-state index contributed by atoms with van der Waals surface area (Å²) in [6.45, 7) is -20.5. The maximum absolute atomic E-state index is 8.91. The van der Waals surface area contributed by atoms with E-state index in [1.807, 2.05) is 0 Å². The maximum atomic E-state index is 8.91. The van der Waals surface area contributed by atoms with Crippen molar-refractivity contribution in [3.63, 3.8) is 0 Å². The number of hydrogen-bond donors (Lipinski definition) is 1. The average molecular weight is 519 g/mol. The summed E-state index contributed by atoms with van der Waals surface area (Å²) >= 11 is 0. The van der Waals surface area contributed by atoms with Gasteiger partial charge in [0.15, 0.2) is 17.1 Å². The number of aromatic nitrogens is 6. The van der Waals surface area contributed by atoms with E-state index in [1.165, 1.54) is 23.3 Å². The number of aryl methyl sites for hydroxylation is 1. The minimum atomic E-state index is -3.44. The summed E-state index contributed by atoms with van der Waals surface area (Å²) in [7, 11) is -3.27. The number of fused-ring (bicyclic) bond motifs is 3. The third kappa shape index (κ3) is 4.68. The molecule has 5 heterocycles. The highest BCUT2D eigenvalue weighted by molar-refractivity contribution is 5.90. The lowest BCUT2D eigenvalue weighted by molar-refractivity contribution is 0.146. The molecule has 12 heteroatoms. The number of nitrogens with two attached hydrogens (primary N) is 1. The Kier molecular flexibility index (Phi) is 3.25. The van der Waals surface area contributed by atoms with Crippen LogP contribution < -0.4 is 15.4 Å². The molecule has 0 unspecified atom stereocenters. The van der Waals surface area contributed by atoms with Gasteiger partial charge in [-0.25, -0.2) is 9.67 Å². The largest absolute Gasteiger partial charge is 0.491 e. The number of ether oxygens (including phenoxy) is 2. The average Bonchev–Trinajstić information content (AvgIpc) is 3.74. The third-order valence-electron chi connectivity index (χ3n) is 5.34. The van der Waals surface area contributed by atoms with E-state index < -0.39 is 59.2 Å². The van der Waals surface area contributed by atoms with E-state index in [9.17, 15) is 0 Å². The predicted octanol–water partition coefficient (Wildman–Crippen LogP) is 2.16. The number of hydrogen-bond acceptors (Lipinski definition) is 10. The van der Waals surface area contributed by atoms with Gasteiger partial charge in [-0.05, 0) is 36.4 Å². The molecule has 0 saturated carbocycles. The Labute approximate surface area is 234 Å². The van der Waals surface area contributed by atoms with E-state index >= 15 is 0 Å². The number of methoxy groups -OCH3 is 1. The Morgan fingerprint density at radius 3 is 2.76 bits per heavy atom. The van der Waals surface area contributed by atoms with Gasteiger partial charge in [0.25, 0.3) is 0 Å². The Morgan fingerprint density at radius 1 is 1.11 bits per heavy atom. The van der Waals surface area contributed by atoms with E-state index in [0.29, 0.717) is 10.4 Å². The summed E-state index contributed by atoms with van der Waals surface area (Å²) in [4.78, 5) is 9.92. The fraction of sp³-hybridized carbons (Fsp3) is 0.360. The first-order valence-electron chi connectivity index (χ1n) is 18.3. The highest BCUT2D eigenvalue weighted by atomic mass is 16.5. The predicted molar refractivity (Wildman–Crippen MR) is 139 cm³/mol. The lowest BCUT2D eigenvalue weighted by Crippen LogP contribution is -2.47. The molecule has 192 valence electrons. The van der Waals surface area contributed by atoms with Crippen molar-refractivity contribution < 1.29 is 34.5 Å². The number of rotatable bonds is 9. The van der Waals surface area contributed by atoms with Gasteiger partial charge in [-0.15, -0.1) is 5.10 Å². The summed E-state index contributed by atoms with van der Waals surface area (Å²) in [5.74, 6) is -0.112. The SMILES string of the molecule is [2H]C([2H])([2H])OC([2H])([2H])C([2H])([2H])Oc1ccc(N2CC([2H])([2H])N(C([2H])([2H])C([2H])([2H])n3ncc4c3nc(N)n3nc(-c5ccco5)nc43)C([2H])([2H])C2)cc1. The molecule has 37 heavy (non-hydrogen) atoms. The van der Waals surface area contributed by atoms with Crippen LogP contribution in [0.25, 0.3) is 28.3 Å². The van der Waals surface area contributed by atoms with Crippen molar-refractivity contribution in [2.75, 3.05) is 63.4 Å². The van der Waals surface area contributed by atoms with Crippen LogP contribution in [-0.4, -0.2) is 87.0 Å². The Hall–Kier alpha value is -4.16. The molecule has 6 rings (SSSR count). The molecule has 0 atom stereocenters. The van der Waals surface area contributed by atoms with Crippen LogP contribution in [0.4, 0.5) is 11.6 Å². The van der Waals surface area contributed by atoms with Crippen LogP contribution in [0.2, 0.25) is 0 Å². The van der Waals surface area contributed by atoms with Crippen LogP contribution >= 0.6 is 0 Å². The third-order valence-corrected chi connectivity index (χ3v) is 5.34. The molecule has 12 nitrogen and oxygen atoms in total. The van der Waals surface area contributed by atoms with Crippen molar-refractivity contribution in [1.82, 2.24) is 34.3 Å². The zero-order valence-electron chi connectivity index (χ0n) is 33.9. The van der Waals surface area contributed by atoms with Gasteiger partial charge in [0.1, 0.15) is 12.3 Å². The second-order valence-corrected chi connectivity index (χ2v) is 7.55. The molecule has 1 aliphatic rings. The molecule has 0 amide bonds. The molecular weight excluding hydrogens is 474 g/mol. The molecule has 0 radical (unpaired) electrons. The lowest BCUT2D eigenvalue weighted by atomic mass is 10.2. The summed E-state index contributed by atoms with van der Waals surface area (Å²) < 4.78 is 140. The lowest BCUT2D eigenvalue weighted by Gasteiger charge is -2.36. The van der Waals surface area contributed by atoms with Gasteiger partial charge in [-0.2, -0.15) is 14.6 Å². The van der Waals surface area contributed by atoms with Crippen molar-refractivity contribution in [1.29, 1.82) is 0 Å². The number of piperazine rings is 1. The van der Waals surface area contributed by atoms with Crippen LogP contribution in [0.1, 0.15) is 20.6 Å². The van der Waals surface area contributed by atoms with Crippen molar-refractivity contribution in [2.45, 2.75) is 6.50 Å². The van der Waals surface area contributed by atoms with E-state index in [4.69, 9.17) is 35.4 Å². The molecule has 0 aliphatic carbocycles. The maximum Gasteiger partial charge on any atom is 0.225 e. The van der Waals surface area contributed by atoms with Crippen LogP contribution in [0.3, 0.4) is 0 Å². The fourth-order valence-corrected chi connectivity index (χ4v) is 3.61. The standard InChI is InChI=1S/C25H29N9O3/c1-35-15-16-36-19-6-4-18(5-7-19)32-11-8-31(9-12-32)10-13-33-23-20(17-27-33)24-28-22(21-3-2-14-37-21)30-34(24)25(26)29-23/h2-7,14,17H,8-13,15-16H2,1H3,(H2,26,29)/i1D3,8D2,9D2,10D2,13D2,15D2,16D2. The van der Waals surface area contributed by atoms with Gasteiger partial charge in [0.2, 0.25) is 11.8 Å². The molecule has 0 bridgehead atoms. The smallest absolute Gasteiger partial charge is 0.225 e. The van der Waals surface area contributed by atoms with Gasteiger partial charge < -0.3 is 24.5 Å². The topological polar surface area (TPSA) is 125 Å². The number of benzene rings is 1. The van der Waals surface area contributed by atoms with E-state index in [0.717, 1.165) is 22.8 Å². The summed E-state index contributed by atoms with van der Waals surface area (Å²) in [5, 5.41) is 8.38. The fourth-order valence-electron chi connectivity index (χ4n) is 3.61. The highest BCUT2D eigenvalue weighted by Crippen LogP contribution is 2.24. The minimum Gasteiger partial charge on any atom is -0.491 e. The molecule has 2 N–H and O–H groups in total. The first-order chi connectivity index (χ1) is 23.8. The van der Waals surface area contributed by atoms with Crippen molar-refractivity contribution in [3.8, 4) is 17.3 Å². The van der Waals surface area contributed by atoms with Gasteiger partial charge in [-0.1, -0.05) is 0 Å². The van der Waals surface area contributed by atoms with E-state index in [1.54, 1.807) is 12.1 Å². The first-order valence-corrected chi connectivity index (χ1v) is 10.8. The number of nitrogens with zero attached hydrogens (tertiary/aromatic N) is 8. The quantitative estimate of drug-likeness (QED) is 0.310. The van der Waals surface area contributed by atoms with Gasteiger partial charge in [0.05, 0.1) is 43.2 Å². The van der Waals surface area contributed by atoms with E-state index in [-0.39, 0.29) is 44.8 Å². The summed E-state index contributed by atoms with van der Waals surface area (Å²) in [6, 6.07) is 8.07. The van der Waals surface area contributed by atoms with Crippen LogP contribution in [-0.2, 0) is 11.2 Å². The molecule has 1 fully saturated rings. The van der Waals surface area contributed by atoms with Gasteiger partial charge >= 0.3 is 0 Å². The number of furan rings is 1. The Morgan fingerprint density at radius 2 is 1.97 bits per heavy atom. The Bertz CT molecular complexity index is 2080. The number of nitrogen functional groups attached to an aromatic ring is 1. The highest BCUT2D eigenvalue weighted by Gasteiger charge is 2.20. The van der Waals surface area contributed by atoms with Gasteiger partial charge in [0, 0.05) is 53.5 Å². The number of anilines is 2. The zero-order chi connectivity index (χ0) is 38.4. The monoisotopic (exact) mass is 518 g/mol. The summed E-state index contributed by atoms with van der Waals surface area (Å²) in [6.07, 6.45) is 2.56. The molecule has 0 spiro atoms. The minimum absolute atomic E-state index is 0.0889. The summed E-state index contributed by atoms with van der Waals surface area (Å²) in [5.41, 5.74) is 6.08. The molecule has 4 aromatic heterocycles. The second-order valence-electron chi connectivity index (χ2n) is 7.55. The second kappa shape index (κ2) is 10.1. The molecule has 1 aliphatic heterocycles. The first kappa shape index (κ1) is 11.9. The molecular formula is C25H29N9O3. The van der Waals surface area contributed by atoms with Crippen LogP contribution in [0.15, 0.2) is 53.3 Å². The molecule has 5 aromatic rings. The van der Waals surface area contributed by atoms with Crippen molar-refractivity contribution >= 4 is 28.3 Å².